The highest BCUT2D eigenvalue weighted by atomic mass is 16.5. The quantitative estimate of drug-likeness (QED) is 0.731. The Labute approximate surface area is 105 Å². The van der Waals surface area contributed by atoms with E-state index < -0.39 is 17.4 Å². The number of rotatable bonds is 5. The second kappa shape index (κ2) is 5.07. The minimum atomic E-state index is -0.645. The van der Waals surface area contributed by atoms with E-state index >= 15 is 0 Å². The normalized spacial score (nSPS) is 11.3. The molecule has 0 saturated carbocycles. The molecule has 0 aliphatic rings. The first-order chi connectivity index (χ1) is 8.29. The monoisotopic (exact) mass is 254 g/mol. The van der Waals surface area contributed by atoms with Crippen LogP contribution in [-0.4, -0.2) is 28.0 Å². The maximum atomic E-state index is 11.6. The molecule has 0 aliphatic carbocycles. The third-order valence-electron chi connectivity index (χ3n) is 2.53. The van der Waals surface area contributed by atoms with Gasteiger partial charge in [0.1, 0.15) is 5.82 Å². The van der Waals surface area contributed by atoms with Gasteiger partial charge in [0.05, 0.1) is 18.5 Å². The Morgan fingerprint density at radius 1 is 1.50 bits per heavy atom. The van der Waals surface area contributed by atoms with Crippen LogP contribution in [0.2, 0.25) is 0 Å². The fourth-order valence-corrected chi connectivity index (χ4v) is 1.71. The van der Waals surface area contributed by atoms with Crippen LogP contribution >= 0.6 is 0 Å². The summed E-state index contributed by atoms with van der Waals surface area (Å²) in [5.41, 5.74) is 10.4. The third-order valence-corrected chi connectivity index (χ3v) is 2.53. The Balaban J connectivity index is 3.06. The fourth-order valence-electron chi connectivity index (χ4n) is 1.71. The Morgan fingerprint density at radius 3 is 2.61 bits per heavy atom. The van der Waals surface area contributed by atoms with Gasteiger partial charge in [0.15, 0.2) is 5.69 Å². The predicted molar refractivity (Wildman–Crippen MR) is 65.7 cm³/mol. The zero-order valence-corrected chi connectivity index (χ0v) is 10.8. The van der Waals surface area contributed by atoms with Crippen molar-refractivity contribution in [1.82, 2.24) is 9.55 Å². The molecule has 0 unspecified atom stereocenters. The van der Waals surface area contributed by atoms with Crippen LogP contribution in [0.3, 0.4) is 0 Å². The van der Waals surface area contributed by atoms with Gasteiger partial charge in [-0.3, -0.25) is 4.79 Å². The van der Waals surface area contributed by atoms with Gasteiger partial charge in [0.2, 0.25) is 5.91 Å². The van der Waals surface area contributed by atoms with E-state index in [4.69, 9.17) is 16.2 Å². The summed E-state index contributed by atoms with van der Waals surface area (Å²) in [6, 6.07) is 0. The number of aromatic nitrogens is 2. The Kier molecular flexibility index (Phi) is 3.95. The minimum absolute atomic E-state index is 0.0504. The highest BCUT2D eigenvalue weighted by Gasteiger charge is 2.28. The Hall–Kier alpha value is -2.05. The van der Waals surface area contributed by atoms with E-state index in [9.17, 15) is 9.59 Å². The van der Waals surface area contributed by atoms with Crippen molar-refractivity contribution in [3.8, 4) is 0 Å². The molecule has 0 radical (unpaired) electrons. The van der Waals surface area contributed by atoms with Crippen molar-refractivity contribution in [2.45, 2.75) is 32.7 Å². The lowest BCUT2D eigenvalue weighted by atomic mass is 10.00. The molecule has 1 heterocycles. The van der Waals surface area contributed by atoms with Gasteiger partial charge >= 0.3 is 5.97 Å². The van der Waals surface area contributed by atoms with Crippen molar-refractivity contribution >= 4 is 17.7 Å². The van der Waals surface area contributed by atoms with Crippen LogP contribution < -0.4 is 11.5 Å². The first-order valence-corrected chi connectivity index (χ1v) is 5.58. The van der Waals surface area contributed by atoms with E-state index in [1.54, 1.807) is 25.3 Å². The second-order valence-electron chi connectivity index (χ2n) is 4.52. The second-order valence-corrected chi connectivity index (χ2v) is 4.52. The molecule has 4 N–H and O–H groups in total. The number of primary amides is 1. The molecular weight excluding hydrogens is 236 g/mol. The smallest absolute Gasteiger partial charge is 0.360 e. The number of amides is 1. The maximum Gasteiger partial charge on any atom is 0.360 e. The summed E-state index contributed by atoms with van der Waals surface area (Å²) in [7, 11) is 0. The van der Waals surface area contributed by atoms with Crippen LogP contribution in [0, 0.1) is 0 Å². The van der Waals surface area contributed by atoms with Crippen molar-refractivity contribution < 1.29 is 14.3 Å². The van der Waals surface area contributed by atoms with Crippen LogP contribution in [-0.2, 0) is 15.1 Å². The zero-order valence-electron chi connectivity index (χ0n) is 10.8. The molecule has 0 saturated heterocycles. The number of carbonyl (C=O) groups is 2. The van der Waals surface area contributed by atoms with Gasteiger partial charge in [-0.1, -0.05) is 0 Å². The molecule has 0 aliphatic heterocycles. The van der Waals surface area contributed by atoms with Crippen LogP contribution in [0.15, 0.2) is 6.33 Å². The summed E-state index contributed by atoms with van der Waals surface area (Å²) in [5, 5.41) is 0. The minimum Gasteiger partial charge on any atom is -0.461 e. The number of nitrogens with zero attached hydrogens (tertiary/aromatic N) is 2. The summed E-state index contributed by atoms with van der Waals surface area (Å²) < 4.78 is 6.38. The van der Waals surface area contributed by atoms with Gasteiger partial charge in [0.25, 0.3) is 0 Å². The van der Waals surface area contributed by atoms with Gasteiger partial charge in [-0.15, -0.1) is 0 Å². The highest BCUT2D eigenvalue weighted by molar-refractivity contribution is 5.92. The van der Waals surface area contributed by atoms with Crippen LogP contribution in [0.1, 0.15) is 37.7 Å². The van der Waals surface area contributed by atoms with Gasteiger partial charge in [-0.25, -0.2) is 9.78 Å². The van der Waals surface area contributed by atoms with E-state index in [0.29, 0.717) is 0 Å². The van der Waals surface area contributed by atoms with Crippen molar-refractivity contribution in [1.29, 1.82) is 0 Å². The Bertz CT molecular complexity index is 465. The number of esters is 1. The average Bonchev–Trinajstić information content (AvgIpc) is 2.59. The molecule has 7 nitrogen and oxygen atoms in total. The van der Waals surface area contributed by atoms with Gasteiger partial charge in [-0.2, -0.15) is 0 Å². The molecule has 1 rings (SSSR count). The number of nitrogens with two attached hydrogens (primary N) is 2. The number of imidazole rings is 1. The standard InChI is InChI=1S/C11H18N4O3/c1-4-18-10(17)8-9(13)15(6-14-8)11(2,3)5-7(12)16/h6H,4-5,13H2,1-3H3,(H2,12,16). The Morgan fingerprint density at radius 2 is 2.11 bits per heavy atom. The summed E-state index contributed by atoms with van der Waals surface area (Å²) in [6.07, 6.45) is 1.50. The molecule has 100 valence electrons. The molecule has 7 heteroatoms. The van der Waals surface area contributed by atoms with Crippen molar-refractivity contribution in [2.24, 2.45) is 5.73 Å². The largest absolute Gasteiger partial charge is 0.461 e. The van der Waals surface area contributed by atoms with E-state index in [-0.39, 0.29) is 24.5 Å². The van der Waals surface area contributed by atoms with Crippen LogP contribution in [0.4, 0.5) is 5.82 Å². The molecule has 1 amide bonds. The maximum absolute atomic E-state index is 11.6. The summed E-state index contributed by atoms with van der Waals surface area (Å²) in [6.45, 7) is 5.51. The first kappa shape index (κ1) is 14.0. The van der Waals surface area contributed by atoms with Gasteiger partial charge < -0.3 is 20.8 Å². The molecule has 0 aromatic carbocycles. The number of hydrogen-bond acceptors (Lipinski definition) is 5. The number of anilines is 1. The lowest BCUT2D eigenvalue weighted by Crippen LogP contribution is -2.32. The molecule has 1 aromatic rings. The van der Waals surface area contributed by atoms with Gasteiger partial charge in [0, 0.05) is 6.42 Å². The lowest BCUT2D eigenvalue weighted by Gasteiger charge is -2.26. The van der Waals surface area contributed by atoms with Crippen LogP contribution in [0.5, 0.6) is 0 Å². The number of nitrogen functional groups attached to an aromatic ring is 1. The highest BCUT2D eigenvalue weighted by Crippen LogP contribution is 2.25. The first-order valence-electron chi connectivity index (χ1n) is 5.58. The molecule has 1 aromatic heterocycles. The van der Waals surface area contributed by atoms with Crippen molar-refractivity contribution in [2.75, 3.05) is 12.3 Å². The molecule has 0 fully saturated rings. The summed E-state index contributed by atoms with van der Waals surface area (Å²) in [4.78, 5) is 26.5. The molecule has 18 heavy (non-hydrogen) atoms. The lowest BCUT2D eigenvalue weighted by molar-refractivity contribution is -0.119. The number of carbonyl (C=O) groups excluding carboxylic acids is 2. The molecule has 0 spiro atoms. The van der Waals surface area contributed by atoms with Gasteiger partial charge in [-0.05, 0) is 20.8 Å². The number of ether oxygens (including phenoxy) is 1. The third kappa shape index (κ3) is 2.79. The van der Waals surface area contributed by atoms with E-state index in [1.165, 1.54) is 6.33 Å². The van der Waals surface area contributed by atoms with E-state index in [2.05, 4.69) is 4.98 Å². The fraction of sp³-hybridized carbons (Fsp3) is 0.545. The predicted octanol–water partition coefficient (Wildman–Crippen LogP) is 0.253. The van der Waals surface area contributed by atoms with E-state index in [0.717, 1.165) is 0 Å². The average molecular weight is 254 g/mol. The van der Waals surface area contributed by atoms with Crippen molar-refractivity contribution in [3.63, 3.8) is 0 Å². The molecule has 0 bridgehead atoms. The summed E-state index contributed by atoms with van der Waals surface area (Å²) in [5.74, 6) is -0.867. The summed E-state index contributed by atoms with van der Waals surface area (Å²) >= 11 is 0. The van der Waals surface area contributed by atoms with Crippen molar-refractivity contribution in [3.05, 3.63) is 12.0 Å². The van der Waals surface area contributed by atoms with E-state index in [1.807, 2.05) is 0 Å². The number of hydrogen-bond donors (Lipinski definition) is 2. The molecule has 0 atom stereocenters. The SMILES string of the molecule is CCOC(=O)c1ncn(C(C)(C)CC(N)=O)c1N. The zero-order chi connectivity index (χ0) is 13.9. The van der Waals surface area contributed by atoms with Crippen LogP contribution in [0.25, 0.3) is 0 Å². The topological polar surface area (TPSA) is 113 Å². The molecular formula is C11H18N4O3.